The van der Waals surface area contributed by atoms with Gasteiger partial charge in [-0.15, -0.1) is 0 Å². The second-order valence-electron chi connectivity index (χ2n) is 7.23. The van der Waals surface area contributed by atoms with Gasteiger partial charge in [-0.05, 0) is 26.3 Å². The predicted octanol–water partition coefficient (Wildman–Crippen LogP) is 0.666. The van der Waals surface area contributed by atoms with Crippen LogP contribution in [-0.2, 0) is 23.9 Å². The third-order valence-electron chi connectivity index (χ3n) is 3.58. The first-order valence-corrected chi connectivity index (χ1v) is 8.83. The molecule has 0 aliphatic carbocycles. The summed E-state index contributed by atoms with van der Waals surface area (Å²) in [5, 5.41) is 11.5. The Bertz CT molecular complexity index is 731. The fourth-order valence-electron chi connectivity index (χ4n) is 2.33. The van der Waals surface area contributed by atoms with E-state index in [0.29, 0.717) is 5.56 Å². The van der Waals surface area contributed by atoms with Crippen molar-refractivity contribution in [2.75, 3.05) is 20.2 Å². The van der Waals surface area contributed by atoms with Crippen LogP contribution in [0.1, 0.15) is 32.4 Å². The van der Waals surface area contributed by atoms with Crippen molar-refractivity contribution >= 4 is 23.9 Å². The summed E-state index contributed by atoms with van der Waals surface area (Å²) in [7, 11) is 1.16. The molecular weight excluding hydrogens is 382 g/mol. The van der Waals surface area contributed by atoms with Crippen LogP contribution in [0.5, 0.6) is 0 Å². The molecule has 10 heteroatoms. The molecule has 0 aromatic heterocycles. The number of nitrogens with zero attached hydrogens (tertiary/aromatic N) is 1. The van der Waals surface area contributed by atoms with E-state index in [1.54, 1.807) is 51.1 Å². The highest BCUT2D eigenvalue weighted by Gasteiger charge is 2.30. The number of carboxylic acids is 1. The number of ether oxygens (including phenoxy) is 2. The van der Waals surface area contributed by atoms with Gasteiger partial charge in [0.2, 0.25) is 0 Å². The number of nitrogens with one attached hydrogen (secondary N) is 1. The van der Waals surface area contributed by atoms with E-state index in [1.165, 1.54) is 0 Å². The van der Waals surface area contributed by atoms with Crippen molar-refractivity contribution in [1.82, 2.24) is 10.2 Å². The second kappa shape index (κ2) is 10.4. The summed E-state index contributed by atoms with van der Waals surface area (Å²) in [6, 6.07) is 4.96. The molecule has 1 rings (SSSR count). The maximum absolute atomic E-state index is 12.7. The van der Waals surface area contributed by atoms with Crippen LogP contribution < -0.4 is 11.1 Å². The summed E-state index contributed by atoms with van der Waals surface area (Å²) in [5.74, 6) is -2.84. The summed E-state index contributed by atoms with van der Waals surface area (Å²) in [4.78, 5) is 48.8. The van der Waals surface area contributed by atoms with Gasteiger partial charge < -0.3 is 30.5 Å². The standard InChI is InChI=1S/C19H27N3O7/c1-19(2,3)29-16(25)13(20)10-22(11-14(23)24)18(27)21-15(17(26)28-4)12-8-6-5-7-9-12/h5-9,13,15H,10-11,20H2,1-4H3,(H,21,27)(H,23,24). The van der Waals surface area contributed by atoms with Crippen LogP contribution in [0.3, 0.4) is 0 Å². The van der Waals surface area contributed by atoms with Crippen LogP contribution in [0.4, 0.5) is 4.79 Å². The predicted molar refractivity (Wildman–Crippen MR) is 103 cm³/mol. The zero-order valence-corrected chi connectivity index (χ0v) is 16.9. The van der Waals surface area contributed by atoms with Crippen molar-refractivity contribution in [3.8, 4) is 0 Å². The lowest BCUT2D eigenvalue weighted by atomic mass is 10.1. The maximum atomic E-state index is 12.7. The van der Waals surface area contributed by atoms with Crippen LogP contribution in [-0.4, -0.2) is 65.8 Å². The average Bonchev–Trinajstić information content (AvgIpc) is 2.63. The Morgan fingerprint density at radius 2 is 1.72 bits per heavy atom. The number of urea groups is 1. The van der Waals surface area contributed by atoms with E-state index in [1.807, 2.05) is 0 Å². The number of hydrogen-bond acceptors (Lipinski definition) is 7. The number of esters is 2. The van der Waals surface area contributed by atoms with Gasteiger partial charge in [0.05, 0.1) is 7.11 Å². The smallest absolute Gasteiger partial charge is 0.333 e. The molecule has 2 amide bonds. The van der Waals surface area contributed by atoms with Gasteiger partial charge in [0.1, 0.15) is 18.2 Å². The molecule has 0 heterocycles. The zero-order chi connectivity index (χ0) is 22.2. The molecule has 0 bridgehead atoms. The van der Waals surface area contributed by atoms with Crippen LogP contribution in [0, 0.1) is 0 Å². The number of carboxylic acid groups (broad SMARTS) is 1. The molecule has 1 aromatic rings. The van der Waals surface area contributed by atoms with Gasteiger partial charge in [0.25, 0.3) is 0 Å². The Labute approximate surface area is 168 Å². The van der Waals surface area contributed by atoms with E-state index in [4.69, 9.17) is 20.3 Å². The van der Waals surface area contributed by atoms with E-state index in [0.717, 1.165) is 12.0 Å². The number of hydrogen-bond donors (Lipinski definition) is 3. The van der Waals surface area contributed by atoms with Gasteiger partial charge >= 0.3 is 23.9 Å². The van der Waals surface area contributed by atoms with Crippen LogP contribution in [0.25, 0.3) is 0 Å². The van der Waals surface area contributed by atoms with Gasteiger partial charge in [-0.2, -0.15) is 0 Å². The number of nitrogens with two attached hydrogens (primary N) is 1. The summed E-state index contributed by atoms with van der Waals surface area (Å²) < 4.78 is 9.86. The van der Waals surface area contributed by atoms with Crippen molar-refractivity contribution in [3.63, 3.8) is 0 Å². The highest BCUT2D eigenvalue weighted by Crippen LogP contribution is 2.15. The molecule has 2 unspecified atom stereocenters. The molecule has 29 heavy (non-hydrogen) atoms. The molecule has 0 saturated heterocycles. The molecular formula is C19H27N3O7. The van der Waals surface area contributed by atoms with Crippen molar-refractivity contribution < 1.29 is 33.8 Å². The third-order valence-corrected chi connectivity index (χ3v) is 3.58. The first-order chi connectivity index (χ1) is 13.4. The Morgan fingerprint density at radius 3 is 2.21 bits per heavy atom. The van der Waals surface area contributed by atoms with Gasteiger partial charge in [-0.1, -0.05) is 30.3 Å². The minimum absolute atomic E-state index is 0.421. The quantitative estimate of drug-likeness (QED) is 0.531. The Hall–Kier alpha value is -3.14. The highest BCUT2D eigenvalue weighted by atomic mass is 16.6. The van der Waals surface area contributed by atoms with Gasteiger partial charge in [-0.3, -0.25) is 9.59 Å². The zero-order valence-electron chi connectivity index (χ0n) is 16.9. The first-order valence-electron chi connectivity index (χ1n) is 8.83. The highest BCUT2D eigenvalue weighted by molar-refractivity contribution is 5.87. The first kappa shape index (κ1) is 23.9. The van der Waals surface area contributed by atoms with Gasteiger partial charge in [-0.25, -0.2) is 9.59 Å². The molecule has 160 valence electrons. The molecule has 1 aromatic carbocycles. The fraction of sp³-hybridized carbons (Fsp3) is 0.474. The molecule has 10 nitrogen and oxygen atoms in total. The summed E-state index contributed by atoms with van der Waals surface area (Å²) in [6.45, 7) is 3.81. The number of rotatable bonds is 8. The van der Waals surface area contributed by atoms with Crippen molar-refractivity contribution in [2.24, 2.45) is 5.73 Å². The van der Waals surface area contributed by atoms with Gasteiger partial charge in [0, 0.05) is 6.54 Å². The van der Waals surface area contributed by atoms with Crippen LogP contribution in [0.15, 0.2) is 30.3 Å². The van der Waals surface area contributed by atoms with Gasteiger partial charge in [0.15, 0.2) is 6.04 Å². The molecule has 0 saturated carbocycles. The minimum Gasteiger partial charge on any atom is -0.480 e. The fourth-order valence-corrected chi connectivity index (χ4v) is 2.33. The number of aliphatic carboxylic acids is 1. The number of amides is 2. The van der Waals surface area contributed by atoms with Crippen molar-refractivity contribution in [3.05, 3.63) is 35.9 Å². The van der Waals surface area contributed by atoms with Crippen molar-refractivity contribution in [2.45, 2.75) is 38.5 Å². The number of carbonyl (C=O) groups is 4. The number of benzene rings is 1. The third kappa shape index (κ3) is 8.18. The van der Waals surface area contributed by atoms with E-state index in [2.05, 4.69) is 5.32 Å². The van der Waals surface area contributed by atoms with Crippen molar-refractivity contribution in [1.29, 1.82) is 0 Å². The minimum atomic E-state index is -1.31. The lowest BCUT2D eigenvalue weighted by Gasteiger charge is -2.28. The number of methoxy groups -OCH3 is 1. The molecule has 0 aliphatic rings. The van der Waals surface area contributed by atoms with Crippen LogP contribution >= 0.6 is 0 Å². The molecule has 0 radical (unpaired) electrons. The summed E-state index contributed by atoms with van der Waals surface area (Å²) in [6.07, 6.45) is 0. The molecule has 4 N–H and O–H groups in total. The van der Waals surface area contributed by atoms with E-state index in [9.17, 15) is 19.2 Å². The SMILES string of the molecule is COC(=O)C(NC(=O)N(CC(=O)O)CC(N)C(=O)OC(C)(C)C)c1ccccc1. The van der Waals surface area contributed by atoms with E-state index < -0.39 is 54.7 Å². The second-order valence-corrected chi connectivity index (χ2v) is 7.23. The Kier molecular flexibility index (Phi) is 8.58. The normalized spacial score (nSPS) is 13.0. The van der Waals surface area contributed by atoms with E-state index >= 15 is 0 Å². The molecule has 0 spiro atoms. The molecule has 0 aliphatic heterocycles. The summed E-state index contributed by atoms with van der Waals surface area (Å²) in [5.41, 5.74) is 5.44. The topological polar surface area (TPSA) is 148 Å². The lowest BCUT2D eigenvalue weighted by Crippen LogP contribution is -2.52. The van der Waals surface area contributed by atoms with Crippen LogP contribution in [0.2, 0.25) is 0 Å². The van der Waals surface area contributed by atoms with E-state index in [-0.39, 0.29) is 0 Å². The average molecular weight is 409 g/mol. The lowest BCUT2D eigenvalue weighted by molar-refractivity contribution is -0.157. The largest absolute Gasteiger partial charge is 0.480 e. The molecule has 2 atom stereocenters. The number of carbonyl (C=O) groups excluding carboxylic acids is 3. The Balaban J connectivity index is 2.98. The molecule has 0 fully saturated rings. The Morgan fingerprint density at radius 1 is 1.14 bits per heavy atom. The monoisotopic (exact) mass is 409 g/mol. The maximum Gasteiger partial charge on any atom is 0.333 e. The summed E-state index contributed by atoms with van der Waals surface area (Å²) >= 11 is 0.